The van der Waals surface area contributed by atoms with Gasteiger partial charge in [0.25, 0.3) is 5.56 Å². The molecule has 0 spiro atoms. The predicted octanol–water partition coefficient (Wildman–Crippen LogP) is 5.21. The van der Waals surface area contributed by atoms with E-state index in [-0.39, 0.29) is 23.0 Å². The fourth-order valence-electron chi connectivity index (χ4n) is 3.45. The maximum atomic E-state index is 13.2. The number of hydrogen-bond donors (Lipinski definition) is 1. The number of thiophene rings is 1. The maximum absolute atomic E-state index is 13.2. The molecule has 1 N–H and O–H groups in total. The van der Waals surface area contributed by atoms with Crippen LogP contribution in [0, 0.1) is 13.8 Å². The number of rotatable bonds is 6. The van der Waals surface area contributed by atoms with Crippen LogP contribution in [0.1, 0.15) is 28.4 Å². The average Bonchev–Trinajstić information content (AvgIpc) is 3.21. The van der Waals surface area contributed by atoms with E-state index >= 15 is 0 Å². The molecule has 2 heterocycles. The van der Waals surface area contributed by atoms with Gasteiger partial charge in [0, 0.05) is 29.2 Å². The standard InChI is InChI=1S/C25H23N3O3S2/c1-14-8-9-18(10-15(14)2)20-12-32-23-22(20)24(31)28(4)25(27-23)33-13-21(30)26-19-7-5-6-17(11-19)16(3)29/h5-12H,13H2,1-4H3,(H,26,30). The second kappa shape index (κ2) is 9.33. The van der Waals surface area contributed by atoms with E-state index in [0.717, 1.165) is 11.1 Å². The highest BCUT2D eigenvalue weighted by atomic mass is 32.2. The highest BCUT2D eigenvalue weighted by Gasteiger charge is 2.17. The summed E-state index contributed by atoms with van der Waals surface area (Å²) in [6.45, 7) is 5.60. The monoisotopic (exact) mass is 477 g/mol. The van der Waals surface area contributed by atoms with Crippen LogP contribution in [0.5, 0.6) is 0 Å². The number of thioether (sulfide) groups is 1. The molecule has 0 saturated heterocycles. The summed E-state index contributed by atoms with van der Waals surface area (Å²) < 4.78 is 1.49. The minimum atomic E-state index is -0.239. The number of anilines is 1. The Balaban J connectivity index is 1.56. The van der Waals surface area contributed by atoms with Gasteiger partial charge in [0.05, 0.1) is 11.1 Å². The number of fused-ring (bicyclic) bond motifs is 1. The van der Waals surface area contributed by atoms with Crippen molar-refractivity contribution in [1.82, 2.24) is 9.55 Å². The Kier molecular flexibility index (Phi) is 6.49. The third-order valence-corrected chi connectivity index (χ3v) is 7.38. The van der Waals surface area contributed by atoms with Crippen LogP contribution in [0.3, 0.4) is 0 Å². The molecule has 0 atom stereocenters. The zero-order valence-corrected chi connectivity index (χ0v) is 20.4. The van der Waals surface area contributed by atoms with Gasteiger partial charge in [-0.15, -0.1) is 11.3 Å². The van der Waals surface area contributed by atoms with Gasteiger partial charge in [-0.3, -0.25) is 19.0 Å². The Morgan fingerprint density at radius 2 is 1.91 bits per heavy atom. The summed E-state index contributed by atoms with van der Waals surface area (Å²) in [6.07, 6.45) is 0. The molecule has 2 aromatic carbocycles. The number of amides is 1. The van der Waals surface area contributed by atoms with Gasteiger partial charge in [-0.05, 0) is 49.6 Å². The second-order valence-electron chi connectivity index (χ2n) is 7.86. The lowest BCUT2D eigenvalue weighted by atomic mass is 10.0. The van der Waals surface area contributed by atoms with Crippen LogP contribution >= 0.6 is 23.1 Å². The third kappa shape index (κ3) is 4.77. The van der Waals surface area contributed by atoms with Crippen molar-refractivity contribution in [3.05, 3.63) is 74.9 Å². The molecule has 0 bridgehead atoms. The molecule has 4 aromatic rings. The molecule has 0 aliphatic carbocycles. The minimum absolute atomic E-state index is 0.0657. The number of aromatic nitrogens is 2. The normalized spacial score (nSPS) is 11.0. The first-order valence-corrected chi connectivity index (χ1v) is 12.2. The molecule has 0 aliphatic heterocycles. The molecule has 0 aliphatic rings. The third-order valence-electron chi connectivity index (χ3n) is 5.48. The molecule has 8 heteroatoms. The van der Waals surface area contributed by atoms with Gasteiger partial charge in [0.1, 0.15) is 4.83 Å². The summed E-state index contributed by atoms with van der Waals surface area (Å²) in [5.41, 5.74) is 5.21. The van der Waals surface area contributed by atoms with Crippen molar-refractivity contribution in [2.24, 2.45) is 7.05 Å². The Labute approximate surface area is 199 Å². The van der Waals surface area contributed by atoms with Crippen LogP contribution in [0.2, 0.25) is 0 Å². The molecular formula is C25H23N3O3S2. The lowest BCUT2D eigenvalue weighted by molar-refractivity contribution is -0.113. The number of nitrogens with one attached hydrogen (secondary N) is 1. The summed E-state index contributed by atoms with van der Waals surface area (Å²) >= 11 is 2.63. The number of aryl methyl sites for hydroxylation is 2. The van der Waals surface area contributed by atoms with E-state index in [0.29, 0.717) is 26.6 Å². The summed E-state index contributed by atoms with van der Waals surface area (Å²) in [5.74, 6) is -0.216. The fourth-order valence-corrected chi connectivity index (χ4v) is 5.21. The van der Waals surface area contributed by atoms with Crippen LogP contribution in [-0.4, -0.2) is 27.0 Å². The molecule has 4 rings (SSSR count). The zero-order chi connectivity index (χ0) is 23.7. The van der Waals surface area contributed by atoms with Gasteiger partial charge in [-0.25, -0.2) is 4.98 Å². The number of carbonyl (C=O) groups excluding carboxylic acids is 2. The first-order chi connectivity index (χ1) is 15.7. The lowest BCUT2D eigenvalue weighted by Crippen LogP contribution is -2.21. The largest absolute Gasteiger partial charge is 0.325 e. The molecule has 0 radical (unpaired) electrons. The number of ketones is 1. The molecule has 0 saturated carbocycles. The van der Waals surface area contributed by atoms with Crippen LogP contribution in [0.15, 0.2) is 57.8 Å². The van der Waals surface area contributed by atoms with Crippen molar-refractivity contribution in [3.8, 4) is 11.1 Å². The van der Waals surface area contributed by atoms with E-state index in [4.69, 9.17) is 0 Å². The van der Waals surface area contributed by atoms with Crippen molar-refractivity contribution >= 4 is 50.7 Å². The number of hydrogen-bond acceptors (Lipinski definition) is 6. The van der Waals surface area contributed by atoms with Crippen molar-refractivity contribution < 1.29 is 9.59 Å². The Morgan fingerprint density at radius 3 is 2.64 bits per heavy atom. The highest BCUT2D eigenvalue weighted by Crippen LogP contribution is 2.33. The predicted molar refractivity (Wildman–Crippen MR) is 136 cm³/mol. The van der Waals surface area contributed by atoms with Gasteiger partial charge >= 0.3 is 0 Å². The van der Waals surface area contributed by atoms with Crippen molar-refractivity contribution in [2.45, 2.75) is 25.9 Å². The lowest BCUT2D eigenvalue weighted by Gasteiger charge is -2.09. The maximum Gasteiger partial charge on any atom is 0.263 e. The Hall–Kier alpha value is -3.23. The van der Waals surface area contributed by atoms with Crippen LogP contribution in [0.25, 0.3) is 21.3 Å². The summed E-state index contributed by atoms with van der Waals surface area (Å²) in [4.78, 5) is 42.5. The van der Waals surface area contributed by atoms with E-state index in [1.54, 1.807) is 31.3 Å². The molecule has 6 nitrogen and oxygen atoms in total. The quantitative estimate of drug-likeness (QED) is 0.234. The summed E-state index contributed by atoms with van der Waals surface area (Å²) in [6, 6.07) is 13.0. The molecule has 0 unspecified atom stereocenters. The molecule has 1 amide bonds. The van der Waals surface area contributed by atoms with Gasteiger partial charge in [-0.1, -0.05) is 42.1 Å². The number of nitrogens with zero attached hydrogens (tertiary/aromatic N) is 2. The van der Waals surface area contributed by atoms with E-state index in [1.807, 2.05) is 11.4 Å². The molecule has 168 valence electrons. The van der Waals surface area contributed by atoms with Crippen LogP contribution in [0.4, 0.5) is 5.69 Å². The zero-order valence-electron chi connectivity index (χ0n) is 18.8. The topological polar surface area (TPSA) is 81.1 Å². The summed E-state index contributed by atoms with van der Waals surface area (Å²) in [7, 11) is 1.67. The Bertz CT molecular complexity index is 1450. The van der Waals surface area contributed by atoms with Crippen molar-refractivity contribution in [1.29, 1.82) is 0 Å². The molecule has 2 aromatic heterocycles. The SMILES string of the molecule is CC(=O)c1cccc(NC(=O)CSc2nc3scc(-c4ccc(C)c(C)c4)c3c(=O)n2C)c1. The average molecular weight is 478 g/mol. The van der Waals surface area contributed by atoms with Crippen LogP contribution in [-0.2, 0) is 11.8 Å². The van der Waals surface area contributed by atoms with E-state index in [9.17, 15) is 14.4 Å². The van der Waals surface area contributed by atoms with E-state index in [2.05, 4.69) is 36.3 Å². The van der Waals surface area contributed by atoms with Gasteiger partial charge < -0.3 is 5.32 Å². The number of benzene rings is 2. The fraction of sp³-hybridized carbons (Fsp3) is 0.200. The second-order valence-corrected chi connectivity index (χ2v) is 9.66. The van der Waals surface area contributed by atoms with Gasteiger partial charge in [-0.2, -0.15) is 0 Å². The number of carbonyl (C=O) groups is 2. The minimum Gasteiger partial charge on any atom is -0.325 e. The number of Topliss-reactive ketones (excluding diaryl/α,β-unsaturated/α-hetero) is 1. The van der Waals surface area contributed by atoms with E-state index < -0.39 is 0 Å². The van der Waals surface area contributed by atoms with Gasteiger partial charge in [0.15, 0.2) is 10.9 Å². The first-order valence-electron chi connectivity index (χ1n) is 10.3. The smallest absolute Gasteiger partial charge is 0.263 e. The molecule has 0 fully saturated rings. The molecule has 33 heavy (non-hydrogen) atoms. The summed E-state index contributed by atoms with van der Waals surface area (Å²) in [5, 5.41) is 5.83. The molecular weight excluding hydrogens is 454 g/mol. The Morgan fingerprint density at radius 1 is 1.12 bits per heavy atom. The van der Waals surface area contributed by atoms with Crippen molar-refractivity contribution in [2.75, 3.05) is 11.1 Å². The van der Waals surface area contributed by atoms with Gasteiger partial charge in [0.2, 0.25) is 5.91 Å². The van der Waals surface area contributed by atoms with E-state index in [1.165, 1.54) is 45.7 Å². The first kappa shape index (κ1) is 22.9. The highest BCUT2D eigenvalue weighted by molar-refractivity contribution is 7.99. The van der Waals surface area contributed by atoms with Crippen LogP contribution < -0.4 is 10.9 Å². The van der Waals surface area contributed by atoms with Crippen molar-refractivity contribution in [3.63, 3.8) is 0 Å².